The van der Waals surface area contributed by atoms with Crippen molar-refractivity contribution in [1.82, 2.24) is 4.90 Å². The number of hydrogen-bond donors (Lipinski definition) is 0. The zero-order chi connectivity index (χ0) is 28.3. The summed E-state index contributed by atoms with van der Waals surface area (Å²) in [7, 11) is 0. The first-order valence-corrected chi connectivity index (χ1v) is 15.1. The van der Waals surface area contributed by atoms with Crippen LogP contribution >= 0.6 is 23.2 Å². The first-order chi connectivity index (χ1) is 20.0. The summed E-state index contributed by atoms with van der Waals surface area (Å²) in [5, 5.41) is 1.23. The van der Waals surface area contributed by atoms with Crippen LogP contribution in [0.5, 0.6) is 5.75 Å². The summed E-state index contributed by atoms with van der Waals surface area (Å²) in [6.45, 7) is 3.23. The Hall–Kier alpha value is -3.06. The highest BCUT2D eigenvalue weighted by molar-refractivity contribution is 6.36. The molecule has 2 saturated heterocycles. The molecule has 0 spiro atoms. The lowest BCUT2D eigenvalue weighted by atomic mass is 9.87. The largest absolute Gasteiger partial charge is 0.489 e. The van der Waals surface area contributed by atoms with Crippen molar-refractivity contribution in [3.63, 3.8) is 0 Å². The van der Waals surface area contributed by atoms with Gasteiger partial charge < -0.3 is 9.47 Å². The summed E-state index contributed by atoms with van der Waals surface area (Å²) >= 11 is 13.0. The number of hydrogen-bond acceptors (Lipinski definition) is 4. The van der Waals surface area contributed by atoms with Crippen molar-refractivity contribution < 1.29 is 18.7 Å². The maximum Gasteiger partial charge on any atom is 0.414 e. The number of alkyl halides is 1. The van der Waals surface area contributed by atoms with Gasteiger partial charge in [0.05, 0.1) is 13.2 Å². The first kappa shape index (κ1) is 28.1. The molecule has 8 heteroatoms. The van der Waals surface area contributed by atoms with Gasteiger partial charge in [-0.25, -0.2) is 4.79 Å². The predicted molar refractivity (Wildman–Crippen MR) is 163 cm³/mol. The molecule has 5 nitrogen and oxygen atoms in total. The zero-order valence-corrected chi connectivity index (χ0v) is 24.4. The van der Waals surface area contributed by atoms with Gasteiger partial charge in [-0.05, 0) is 102 Å². The van der Waals surface area contributed by atoms with Crippen LogP contribution in [-0.2, 0) is 11.2 Å². The minimum Gasteiger partial charge on any atom is -0.489 e. The molecular weight excluding hydrogens is 562 g/mol. The Balaban J connectivity index is 1.36. The van der Waals surface area contributed by atoms with Crippen LogP contribution in [0.1, 0.15) is 47.9 Å². The summed E-state index contributed by atoms with van der Waals surface area (Å²) in [5.41, 5.74) is 7.54. The number of rotatable bonds is 8. The number of anilines is 1. The molecule has 1 atom stereocenters. The number of aryl methyl sites for hydroxylation is 1. The van der Waals surface area contributed by atoms with Gasteiger partial charge in [0.15, 0.2) is 0 Å². The molecule has 214 valence electrons. The van der Waals surface area contributed by atoms with Crippen molar-refractivity contribution in [2.45, 2.75) is 38.2 Å². The van der Waals surface area contributed by atoms with Crippen molar-refractivity contribution in [2.24, 2.45) is 0 Å². The van der Waals surface area contributed by atoms with E-state index in [1.807, 2.05) is 30.3 Å². The maximum absolute atomic E-state index is 12.6. The van der Waals surface area contributed by atoms with Crippen LogP contribution < -0.4 is 9.64 Å². The van der Waals surface area contributed by atoms with E-state index in [2.05, 4.69) is 29.2 Å². The average Bonchev–Trinajstić information content (AvgIpc) is 3.56. The van der Waals surface area contributed by atoms with Gasteiger partial charge >= 0.3 is 6.09 Å². The molecule has 2 heterocycles. The van der Waals surface area contributed by atoms with Gasteiger partial charge in [0.1, 0.15) is 18.5 Å². The van der Waals surface area contributed by atoms with E-state index in [4.69, 9.17) is 32.7 Å². The number of allylic oxidation sites excluding steroid dienone is 1. The summed E-state index contributed by atoms with van der Waals surface area (Å²) in [5.74, 6) is 0.828. The van der Waals surface area contributed by atoms with Crippen molar-refractivity contribution in [1.29, 1.82) is 0 Å². The van der Waals surface area contributed by atoms with Gasteiger partial charge in [0.25, 0.3) is 0 Å². The molecule has 2 aliphatic heterocycles. The molecule has 0 N–H and O–H groups in total. The van der Waals surface area contributed by atoms with Crippen molar-refractivity contribution >= 4 is 46.1 Å². The number of nitrogens with zero attached hydrogens (tertiary/aromatic N) is 2. The lowest BCUT2D eigenvalue weighted by Crippen LogP contribution is -2.26. The molecule has 1 aliphatic carbocycles. The first-order valence-electron chi connectivity index (χ1n) is 14.3. The van der Waals surface area contributed by atoms with Crippen LogP contribution in [0.3, 0.4) is 0 Å². The number of amides is 1. The highest BCUT2D eigenvalue weighted by Gasteiger charge is 2.27. The van der Waals surface area contributed by atoms with Gasteiger partial charge in [-0.2, -0.15) is 0 Å². The lowest BCUT2D eigenvalue weighted by Gasteiger charge is -2.20. The number of fused-ring (bicyclic) bond motifs is 1. The normalized spacial score (nSPS) is 19.3. The van der Waals surface area contributed by atoms with Gasteiger partial charge in [0, 0.05) is 35.4 Å². The Kier molecular flexibility index (Phi) is 8.52. The second-order valence-corrected chi connectivity index (χ2v) is 11.7. The van der Waals surface area contributed by atoms with E-state index in [1.54, 1.807) is 11.0 Å². The second kappa shape index (κ2) is 12.4. The van der Waals surface area contributed by atoms with E-state index in [-0.39, 0.29) is 18.9 Å². The third-order valence-electron chi connectivity index (χ3n) is 8.14. The van der Waals surface area contributed by atoms with Crippen molar-refractivity contribution in [3.8, 4) is 5.75 Å². The van der Waals surface area contributed by atoms with Gasteiger partial charge in [0.2, 0.25) is 0 Å². The van der Waals surface area contributed by atoms with Crippen LogP contribution in [0.25, 0.3) is 11.1 Å². The monoisotopic (exact) mass is 594 g/mol. The van der Waals surface area contributed by atoms with E-state index in [1.165, 1.54) is 11.1 Å². The molecule has 2 fully saturated rings. The van der Waals surface area contributed by atoms with Gasteiger partial charge in [-0.15, -0.1) is 0 Å². The van der Waals surface area contributed by atoms with Gasteiger partial charge in [-0.1, -0.05) is 47.5 Å². The Bertz CT molecular complexity index is 1460. The average molecular weight is 596 g/mol. The molecule has 3 aromatic carbocycles. The molecule has 0 bridgehead atoms. The highest BCUT2D eigenvalue weighted by atomic mass is 35.5. The van der Waals surface area contributed by atoms with Crippen LogP contribution in [-0.4, -0.2) is 56.6 Å². The fraction of sp³-hybridized carbons (Fsp3) is 0.364. The number of carbonyl (C=O) groups is 1. The number of halogens is 3. The minimum atomic E-state index is -0.300. The second-order valence-electron chi connectivity index (χ2n) is 10.8. The lowest BCUT2D eigenvalue weighted by molar-refractivity contribution is 0.181. The number of likely N-dealkylation sites (tertiary alicyclic amines) is 1. The van der Waals surface area contributed by atoms with Gasteiger partial charge in [-0.3, -0.25) is 14.2 Å². The summed E-state index contributed by atoms with van der Waals surface area (Å²) in [6.07, 6.45) is 4.00. The Morgan fingerprint density at radius 3 is 2.56 bits per heavy atom. The fourth-order valence-electron chi connectivity index (χ4n) is 6.18. The van der Waals surface area contributed by atoms with E-state index in [0.717, 1.165) is 79.0 Å². The van der Waals surface area contributed by atoms with E-state index >= 15 is 0 Å². The van der Waals surface area contributed by atoms with Crippen LogP contribution in [0.15, 0.2) is 60.7 Å². The Morgan fingerprint density at radius 1 is 0.976 bits per heavy atom. The van der Waals surface area contributed by atoms with E-state index in [0.29, 0.717) is 29.6 Å². The number of ether oxygens (including phenoxy) is 2. The quantitative estimate of drug-likeness (QED) is 0.264. The van der Waals surface area contributed by atoms with Crippen molar-refractivity contribution in [3.05, 3.63) is 93.0 Å². The summed E-state index contributed by atoms with van der Waals surface area (Å²) in [6, 6.07) is 20.2. The third kappa shape index (κ3) is 6.11. The molecule has 1 unspecified atom stereocenters. The number of carbonyl (C=O) groups excluding carboxylic acids is 1. The topological polar surface area (TPSA) is 42.0 Å². The predicted octanol–water partition coefficient (Wildman–Crippen LogP) is 8.06. The van der Waals surface area contributed by atoms with Crippen LogP contribution in [0, 0.1) is 0 Å². The fourth-order valence-corrected chi connectivity index (χ4v) is 6.70. The highest BCUT2D eigenvalue weighted by Crippen LogP contribution is 2.43. The van der Waals surface area contributed by atoms with Crippen molar-refractivity contribution in [2.75, 3.05) is 44.4 Å². The molecule has 1 amide bonds. The Morgan fingerprint density at radius 2 is 1.80 bits per heavy atom. The van der Waals surface area contributed by atoms with Crippen LogP contribution in [0.4, 0.5) is 14.9 Å². The van der Waals surface area contributed by atoms with Crippen LogP contribution in [0.2, 0.25) is 10.0 Å². The zero-order valence-electron chi connectivity index (χ0n) is 22.9. The summed E-state index contributed by atoms with van der Waals surface area (Å²) < 4.78 is 24.1. The van der Waals surface area contributed by atoms with E-state index < -0.39 is 0 Å². The van der Waals surface area contributed by atoms with E-state index in [9.17, 15) is 9.18 Å². The standard InChI is InChI=1S/C33H33Cl2FN2O3/c34-24-7-11-29(31(35)20-24)30-4-1-3-23-19-25(38-17-18-40-33(38)39)8-12-28(23)32(30)22-5-9-26(10-6-22)41-27-13-16-37(21-27)15-2-14-36/h5-12,19-20,27H,1-4,13-18,21H2. The molecule has 41 heavy (non-hydrogen) atoms. The molecule has 0 radical (unpaired) electrons. The molecule has 0 aromatic heterocycles. The molecular formula is C33H33Cl2FN2O3. The molecule has 3 aromatic rings. The maximum atomic E-state index is 12.6. The third-order valence-corrected chi connectivity index (χ3v) is 8.69. The summed E-state index contributed by atoms with van der Waals surface area (Å²) in [4.78, 5) is 16.2. The minimum absolute atomic E-state index is 0.109. The Labute approximate surface area is 250 Å². The SMILES string of the molecule is O=C1OCCN1c1ccc2c(c1)CCCC(c1ccc(Cl)cc1Cl)=C2c1ccc(OC2CCN(CCCF)C2)cc1. The molecule has 3 aliphatic rings. The molecule has 6 rings (SSSR count). The number of cyclic esters (lactones) is 1. The smallest absolute Gasteiger partial charge is 0.414 e. The molecule has 0 saturated carbocycles. The number of benzene rings is 3.